The molecule has 44 heavy (non-hydrogen) atoms. The number of rotatable bonds is 12. The van der Waals surface area contributed by atoms with Crippen LogP contribution < -0.4 is 10.1 Å². The van der Waals surface area contributed by atoms with Crippen LogP contribution in [0.3, 0.4) is 0 Å². The summed E-state index contributed by atoms with van der Waals surface area (Å²) in [6, 6.07) is 21.3. The summed E-state index contributed by atoms with van der Waals surface area (Å²) < 4.78 is 43.1. The summed E-state index contributed by atoms with van der Waals surface area (Å²) in [5.74, 6) is 0.285. The summed E-state index contributed by atoms with van der Waals surface area (Å²) in [6.45, 7) is 6.17. The molecule has 0 saturated carbocycles. The molecule has 5 rings (SSSR count). The van der Waals surface area contributed by atoms with Crippen LogP contribution in [0.25, 0.3) is 17.2 Å². The first kappa shape index (κ1) is 31.9. The first-order valence-corrected chi connectivity index (χ1v) is 17.0. The molecule has 1 amide bonds. The van der Waals surface area contributed by atoms with Crippen LogP contribution in [-0.4, -0.2) is 71.1 Å². The molecule has 0 atom stereocenters. The molecule has 8 nitrogen and oxygen atoms in total. The molecule has 0 radical (unpaired) electrons. The van der Waals surface area contributed by atoms with Gasteiger partial charge in [-0.15, -0.1) is 0 Å². The number of ether oxygens (including phenoxy) is 3. The maximum Gasteiger partial charge on any atom is 0.251 e. The van der Waals surface area contributed by atoms with Crippen molar-refractivity contribution in [2.24, 2.45) is 0 Å². The summed E-state index contributed by atoms with van der Waals surface area (Å²) in [6.07, 6.45) is 4.88. The van der Waals surface area contributed by atoms with Gasteiger partial charge in [0.25, 0.3) is 5.91 Å². The zero-order chi connectivity index (χ0) is 30.9. The van der Waals surface area contributed by atoms with Gasteiger partial charge < -0.3 is 19.5 Å². The van der Waals surface area contributed by atoms with E-state index in [2.05, 4.69) is 24.2 Å². The fourth-order valence-electron chi connectivity index (χ4n) is 5.60. The third-order valence-corrected chi connectivity index (χ3v) is 9.86. The molecule has 1 N–H and O–H groups in total. The van der Waals surface area contributed by atoms with Crippen LogP contribution >= 0.6 is 0 Å². The number of amides is 1. The van der Waals surface area contributed by atoms with Crippen molar-refractivity contribution in [1.29, 1.82) is 0 Å². The van der Waals surface area contributed by atoms with Gasteiger partial charge in [0.1, 0.15) is 12.4 Å². The number of benzene rings is 3. The van der Waals surface area contributed by atoms with Crippen LogP contribution in [0.4, 0.5) is 5.69 Å². The third-order valence-electron chi connectivity index (χ3n) is 8.08. The van der Waals surface area contributed by atoms with E-state index in [1.807, 2.05) is 54.6 Å². The van der Waals surface area contributed by atoms with Crippen LogP contribution in [0.1, 0.15) is 43.7 Å². The second-order valence-electron chi connectivity index (χ2n) is 11.4. The van der Waals surface area contributed by atoms with Crippen molar-refractivity contribution in [3.8, 4) is 16.9 Å². The molecule has 1 fully saturated rings. The highest BCUT2D eigenvalue weighted by Crippen LogP contribution is 2.32. The molecule has 0 aliphatic carbocycles. The minimum atomic E-state index is -3.55. The maximum absolute atomic E-state index is 13.4. The van der Waals surface area contributed by atoms with Crippen molar-refractivity contribution >= 4 is 27.5 Å². The van der Waals surface area contributed by atoms with Crippen LogP contribution in [0.15, 0.2) is 77.2 Å². The van der Waals surface area contributed by atoms with Gasteiger partial charge in [-0.1, -0.05) is 37.3 Å². The zero-order valence-electron chi connectivity index (χ0n) is 25.6. The number of hydrogen-bond acceptors (Lipinski definition) is 7. The average Bonchev–Trinajstić information content (AvgIpc) is 3.17. The molecular weight excluding hydrogens is 576 g/mol. The highest BCUT2D eigenvalue weighted by molar-refractivity contribution is 7.91. The molecule has 0 bridgehead atoms. The van der Waals surface area contributed by atoms with Gasteiger partial charge in [0, 0.05) is 43.7 Å². The lowest BCUT2D eigenvalue weighted by atomic mass is 10.0. The number of carbonyl (C=O) groups excluding carboxylic acids is 1. The number of fused-ring (bicyclic) bond motifs is 1. The minimum absolute atomic E-state index is 0.125. The van der Waals surface area contributed by atoms with E-state index >= 15 is 0 Å². The van der Waals surface area contributed by atoms with Crippen LogP contribution in [0.5, 0.6) is 5.75 Å². The Labute approximate surface area is 260 Å². The third kappa shape index (κ3) is 8.35. The first-order chi connectivity index (χ1) is 21.3. The lowest BCUT2D eigenvalue weighted by molar-refractivity contribution is -0.112. The van der Waals surface area contributed by atoms with E-state index in [1.165, 1.54) is 0 Å². The molecular formula is C35H42N2O6S. The summed E-state index contributed by atoms with van der Waals surface area (Å²) in [5.41, 5.74) is 4.51. The Balaban J connectivity index is 1.28. The van der Waals surface area contributed by atoms with Crippen molar-refractivity contribution in [2.45, 2.75) is 50.1 Å². The van der Waals surface area contributed by atoms with E-state index in [9.17, 15) is 13.2 Å². The van der Waals surface area contributed by atoms with Gasteiger partial charge >= 0.3 is 0 Å². The summed E-state index contributed by atoms with van der Waals surface area (Å²) in [5, 5.41) is 2.97. The molecule has 2 aliphatic heterocycles. The molecule has 2 heterocycles. The number of hydrogen-bond donors (Lipinski definition) is 1. The predicted molar refractivity (Wildman–Crippen MR) is 174 cm³/mol. The van der Waals surface area contributed by atoms with Crippen LogP contribution in [0, 0.1) is 0 Å². The van der Waals surface area contributed by atoms with E-state index < -0.39 is 9.84 Å². The van der Waals surface area contributed by atoms with Crippen molar-refractivity contribution < 1.29 is 27.4 Å². The Hall–Kier alpha value is -3.50. The second kappa shape index (κ2) is 15.0. The Morgan fingerprint density at radius 2 is 1.75 bits per heavy atom. The minimum Gasteiger partial charge on any atom is -0.491 e. The molecule has 3 aromatic rings. The summed E-state index contributed by atoms with van der Waals surface area (Å²) in [7, 11) is -1.42. The van der Waals surface area contributed by atoms with Crippen LogP contribution in [0.2, 0.25) is 0 Å². The largest absolute Gasteiger partial charge is 0.491 e. The van der Waals surface area contributed by atoms with Gasteiger partial charge in [-0.3, -0.25) is 9.69 Å². The maximum atomic E-state index is 13.4. The molecule has 1 saturated heterocycles. The van der Waals surface area contributed by atoms with Gasteiger partial charge in [0.2, 0.25) is 0 Å². The SMILES string of the molecule is CCCOCCOc1cccc(-c2ccc3c(c2)C=C(C(=O)Nc2ccc(CN(C)C4CCOCC4)cc2)CCS3(=O)=O)c1. The van der Waals surface area contributed by atoms with Crippen molar-refractivity contribution in [1.82, 2.24) is 4.90 Å². The molecule has 0 aromatic heterocycles. The van der Waals surface area contributed by atoms with E-state index in [-0.39, 0.29) is 23.0 Å². The predicted octanol–water partition coefficient (Wildman–Crippen LogP) is 5.97. The fraction of sp³-hybridized carbons (Fsp3) is 0.400. The summed E-state index contributed by atoms with van der Waals surface area (Å²) in [4.78, 5) is 15.9. The quantitative estimate of drug-likeness (QED) is 0.250. The highest BCUT2D eigenvalue weighted by Gasteiger charge is 2.25. The Bertz CT molecular complexity index is 1560. The van der Waals surface area contributed by atoms with Gasteiger partial charge in [-0.25, -0.2) is 8.42 Å². The topological polar surface area (TPSA) is 94.2 Å². The lowest BCUT2D eigenvalue weighted by Crippen LogP contribution is -2.36. The number of carbonyl (C=O) groups is 1. The van der Waals surface area contributed by atoms with E-state index in [1.54, 1.807) is 18.2 Å². The van der Waals surface area contributed by atoms with Crippen molar-refractivity contribution in [3.05, 3.63) is 83.4 Å². The monoisotopic (exact) mass is 618 g/mol. The molecule has 9 heteroatoms. The Morgan fingerprint density at radius 3 is 2.52 bits per heavy atom. The van der Waals surface area contributed by atoms with E-state index in [0.29, 0.717) is 48.4 Å². The fourth-order valence-corrected chi connectivity index (χ4v) is 7.06. The van der Waals surface area contributed by atoms with E-state index in [0.717, 1.165) is 55.7 Å². The Kier molecular flexibility index (Phi) is 10.9. The van der Waals surface area contributed by atoms with Gasteiger partial charge in [-0.2, -0.15) is 0 Å². The zero-order valence-corrected chi connectivity index (χ0v) is 26.4. The highest BCUT2D eigenvalue weighted by atomic mass is 32.2. The molecule has 3 aromatic carbocycles. The van der Waals surface area contributed by atoms with Crippen LogP contribution in [-0.2, 0) is 30.7 Å². The van der Waals surface area contributed by atoms with Gasteiger partial charge in [0.15, 0.2) is 9.84 Å². The average molecular weight is 619 g/mol. The lowest BCUT2D eigenvalue weighted by Gasteiger charge is -2.31. The number of sulfone groups is 1. The summed E-state index contributed by atoms with van der Waals surface area (Å²) >= 11 is 0. The molecule has 0 unspecified atom stereocenters. The van der Waals surface area contributed by atoms with Crippen molar-refractivity contribution in [3.63, 3.8) is 0 Å². The normalized spacial score (nSPS) is 16.6. The number of anilines is 1. The second-order valence-corrected chi connectivity index (χ2v) is 13.5. The van der Waals surface area contributed by atoms with Gasteiger partial charge in [0.05, 0.1) is 17.3 Å². The molecule has 234 valence electrons. The standard InChI is InChI=1S/C35H42N2O6S/c1-3-16-41-19-20-43-33-6-4-5-27(24-33)28-9-12-34-30(22-28)23-29(15-21-44(34,39)40)35(38)36-31-10-7-26(8-11-31)25-37(2)32-13-17-42-18-14-32/h4-12,22-24,32H,3,13-21,25H2,1-2H3,(H,36,38). The van der Waals surface area contributed by atoms with E-state index in [4.69, 9.17) is 14.2 Å². The molecule has 2 aliphatic rings. The number of nitrogens with zero attached hydrogens (tertiary/aromatic N) is 1. The number of nitrogens with one attached hydrogen (secondary N) is 1. The van der Waals surface area contributed by atoms with Gasteiger partial charge in [-0.05, 0) is 97.5 Å². The first-order valence-electron chi connectivity index (χ1n) is 15.4. The smallest absolute Gasteiger partial charge is 0.251 e. The Morgan fingerprint density at radius 1 is 0.977 bits per heavy atom. The van der Waals surface area contributed by atoms with Crippen molar-refractivity contribution in [2.75, 3.05) is 51.2 Å². The molecule has 0 spiro atoms.